The summed E-state index contributed by atoms with van der Waals surface area (Å²) in [7, 11) is 0. The van der Waals surface area contributed by atoms with Crippen LogP contribution >= 0.6 is 0 Å². The van der Waals surface area contributed by atoms with Crippen LogP contribution in [-0.4, -0.2) is 45.3 Å². The molecule has 90 valence electrons. The quantitative estimate of drug-likeness (QED) is 0.763. The van der Waals surface area contributed by atoms with Gasteiger partial charge in [0.1, 0.15) is 5.82 Å². The molecule has 0 radical (unpaired) electrons. The fourth-order valence-electron chi connectivity index (χ4n) is 2.28. The number of rotatable bonds is 1. The van der Waals surface area contributed by atoms with Crippen molar-refractivity contribution in [2.45, 2.75) is 19.9 Å². The third kappa shape index (κ3) is 1.74. The Morgan fingerprint density at radius 2 is 2.29 bits per heavy atom. The van der Waals surface area contributed by atoms with Crippen LogP contribution in [0.3, 0.4) is 0 Å². The van der Waals surface area contributed by atoms with Gasteiger partial charge in [-0.05, 0) is 13.8 Å². The highest BCUT2D eigenvalue weighted by molar-refractivity contribution is 5.64. The van der Waals surface area contributed by atoms with E-state index < -0.39 is 0 Å². The SMILES string of the molecule is Cc1nnc2c(N3CCN[C@@H](C)C3)nccn12. The monoisotopic (exact) mass is 232 g/mol. The van der Waals surface area contributed by atoms with Crippen LogP contribution < -0.4 is 10.2 Å². The van der Waals surface area contributed by atoms with Crippen LogP contribution in [-0.2, 0) is 0 Å². The summed E-state index contributed by atoms with van der Waals surface area (Å²) in [5, 5.41) is 11.7. The first kappa shape index (κ1) is 10.5. The minimum absolute atomic E-state index is 0.481. The second kappa shape index (κ2) is 3.96. The molecule has 6 nitrogen and oxygen atoms in total. The minimum Gasteiger partial charge on any atom is -0.351 e. The minimum atomic E-state index is 0.481. The lowest BCUT2D eigenvalue weighted by Crippen LogP contribution is -2.49. The smallest absolute Gasteiger partial charge is 0.203 e. The normalized spacial score (nSPS) is 21.1. The zero-order chi connectivity index (χ0) is 11.8. The first-order valence-corrected chi connectivity index (χ1v) is 5.90. The molecule has 0 unspecified atom stereocenters. The number of piperazine rings is 1. The van der Waals surface area contributed by atoms with E-state index in [1.54, 1.807) is 0 Å². The molecule has 1 aliphatic heterocycles. The van der Waals surface area contributed by atoms with E-state index in [0.29, 0.717) is 6.04 Å². The number of anilines is 1. The lowest BCUT2D eigenvalue weighted by atomic mass is 10.2. The maximum atomic E-state index is 4.45. The van der Waals surface area contributed by atoms with E-state index in [9.17, 15) is 0 Å². The molecule has 0 bridgehead atoms. The molecule has 0 amide bonds. The second-order valence-electron chi connectivity index (χ2n) is 4.49. The summed E-state index contributed by atoms with van der Waals surface area (Å²) in [5.74, 6) is 1.83. The molecule has 1 saturated heterocycles. The molecule has 0 aromatic carbocycles. The van der Waals surface area contributed by atoms with Crippen LogP contribution in [0.4, 0.5) is 5.82 Å². The van der Waals surface area contributed by atoms with Gasteiger partial charge in [0.05, 0.1) is 0 Å². The summed E-state index contributed by atoms with van der Waals surface area (Å²) in [6.07, 6.45) is 3.71. The second-order valence-corrected chi connectivity index (χ2v) is 4.49. The molecule has 1 fully saturated rings. The van der Waals surface area contributed by atoms with Gasteiger partial charge in [-0.2, -0.15) is 0 Å². The van der Waals surface area contributed by atoms with E-state index in [-0.39, 0.29) is 0 Å². The summed E-state index contributed by atoms with van der Waals surface area (Å²) in [4.78, 5) is 6.72. The standard InChI is InChI=1S/C11H16N6/c1-8-7-16(5-3-12-8)10-11-15-14-9(2)17(11)6-4-13-10/h4,6,8,12H,3,5,7H2,1-2H3/t8-/m0/s1. The summed E-state index contributed by atoms with van der Waals surface area (Å²) < 4.78 is 1.98. The molecule has 2 aromatic rings. The molecule has 1 aliphatic rings. The number of aryl methyl sites for hydroxylation is 1. The molecule has 1 atom stereocenters. The summed E-state index contributed by atoms with van der Waals surface area (Å²) in [6, 6.07) is 0.481. The van der Waals surface area contributed by atoms with Crippen LogP contribution in [0.5, 0.6) is 0 Å². The van der Waals surface area contributed by atoms with Crippen LogP contribution in [0.15, 0.2) is 12.4 Å². The van der Waals surface area contributed by atoms with Crippen molar-refractivity contribution in [3.8, 4) is 0 Å². The van der Waals surface area contributed by atoms with Crippen molar-refractivity contribution in [2.75, 3.05) is 24.5 Å². The van der Waals surface area contributed by atoms with Gasteiger partial charge < -0.3 is 10.2 Å². The highest BCUT2D eigenvalue weighted by atomic mass is 15.3. The average molecular weight is 232 g/mol. The van der Waals surface area contributed by atoms with Crippen molar-refractivity contribution in [1.82, 2.24) is 24.9 Å². The molecule has 0 spiro atoms. The molecule has 2 aromatic heterocycles. The Balaban J connectivity index is 2.04. The summed E-state index contributed by atoms with van der Waals surface area (Å²) in [5.41, 5.74) is 0.846. The Morgan fingerprint density at radius 3 is 3.12 bits per heavy atom. The molecular weight excluding hydrogens is 216 g/mol. The zero-order valence-electron chi connectivity index (χ0n) is 10.1. The molecule has 3 rings (SSSR count). The Labute approximate surface area is 99.7 Å². The van der Waals surface area contributed by atoms with Gasteiger partial charge in [-0.1, -0.05) is 0 Å². The van der Waals surface area contributed by atoms with Gasteiger partial charge in [0.15, 0.2) is 5.82 Å². The topological polar surface area (TPSA) is 58.4 Å². The number of fused-ring (bicyclic) bond motifs is 1. The van der Waals surface area contributed by atoms with E-state index in [1.165, 1.54) is 0 Å². The fraction of sp³-hybridized carbons (Fsp3) is 0.545. The summed E-state index contributed by atoms with van der Waals surface area (Å²) >= 11 is 0. The number of nitrogens with one attached hydrogen (secondary N) is 1. The maximum absolute atomic E-state index is 4.45. The summed E-state index contributed by atoms with van der Waals surface area (Å²) in [6.45, 7) is 7.03. The van der Waals surface area contributed by atoms with Crippen LogP contribution in [0.2, 0.25) is 0 Å². The van der Waals surface area contributed by atoms with Crippen LogP contribution in [0.1, 0.15) is 12.7 Å². The fourth-order valence-corrected chi connectivity index (χ4v) is 2.28. The van der Waals surface area contributed by atoms with Gasteiger partial charge >= 0.3 is 0 Å². The molecule has 3 heterocycles. The zero-order valence-corrected chi connectivity index (χ0v) is 10.1. The maximum Gasteiger partial charge on any atom is 0.203 e. The molecule has 17 heavy (non-hydrogen) atoms. The first-order valence-electron chi connectivity index (χ1n) is 5.90. The van der Waals surface area contributed by atoms with Crippen molar-refractivity contribution in [1.29, 1.82) is 0 Å². The third-order valence-electron chi connectivity index (χ3n) is 3.15. The lowest BCUT2D eigenvalue weighted by Gasteiger charge is -2.32. The van der Waals surface area contributed by atoms with Gasteiger partial charge in [0, 0.05) is 38.1 Å². The predicted octanol–water partition coefficient (Wildman–Crippen LogP) is 0.231. The van der Waals surface area contributed by atoms with Gasteiger partial charge in [-0.15, -0.1) is 10.2 Å². The first-order chi connectivity index (χ1) is 8.25. The molecule has 1 N–H and O–H groups in total. The Hall–Kier alpha value is -1.69. The van der Waals surface area contributed by atoms with Gasteiger partial charge in [0.2, 0.25) is 5.65 Å². The van der Waals surface area contributed by atoms with E-state index in [0.717, 1.165) is 36.9 Å². The Bertz CT molecular complexity index is 534. The number of nitrogens with zero attached hydrogens (tertiary/aromatic N) is 5. The van der Waals surface area contributed by atoms with Gasteiger partial charge in [-0.3, -0.25) is 4.40 Å². The Kier molecular flexibility index (Phi) is 2.44. The van der Waals surface area contributed by atoms with Crippen molar-refractivity contribution < 1.29 is 0 Å². The lowest BCUT2D eigenvalue weighted by molar-refractivity contribution is 0.482. The molecule has 0 saturated carbocycles. The van der Waals surface area contributed by atoms with Crippen molar-refractivity contribution >= 4 is 11.5 Å². The van der Waals surface area contributed by atoms with Crippen LogP contribution in [0.25, 0.3) is 5.65 Å². The predicted molar refractivity (Wildman–Crippen MR) is 65.2 cm³/mol. The largest absolute Gasteiger partial charge is 0.351 e. The van der Waals surface area contributed by atoms with Crippen molar-refractivity contribution in [3.05, 3.63) is 18.2 Å². The molecular formula is C11H16N6. The number of hydrogen-bond acceptors (Lipinski definition) is 5. The van der Waals surface area contributed by atoms with E-state index in [1.807, 2.05) is 23.7 Å². The highest BCUT2D eigenvalue weighted by Gasteiger charge is 2.20. The molecule has 0 aliphatic carbocycles. The van der Waals surface area contributed by atoms with Crippen molar-refractivity contribution in [3.63, 3.8) is 0 Å². The van der Waals surface area contributed by atoms with Gasteiger partial charge in [0.25, 0.3) is 0 Å². The van der Waals surface area contributed by atoms with Gasteiger partial charge in [-0.25, -0.2) is 4.98 Å². The van der Waals surface area contributed by atoms with E-state index in [2.05, 4.69) is 32.3 Å². The molecule has 6 heteroatoms. The third-order valence-corrected chi connectivity index (χ3v) is 3.15. The van der Waals surface area contributed by atoms with E-state index in [4.69, 9.17) is 0 Å². The highest BCUT2D eigenvalue weighted by Crippen LogP contribution is 2.18. The van der Waals surface area contributed by atoms with E-state index >= 15 is 0 Å². The number of hydrogen-bond donors (Lipinski definition) is 1. The Morgan fingerprint density at radius 1 is 1.41 bits per heavy atom. The average Bonchev–Trinajstić information content (AvgIpc) is 2.71. The van der Waals surface area contributed by atoms with Crippen LogP contribution in [0, 0.1) is 6.92 Å². The number of aromatic nitrogens is 4. The van der Waals surface area contributed by atoms with Crippen molar-refractivity contribution in [2.24, 2.45) is 0 Å².